The molecule has 0 bridgehead atoms. The van der Waals surface area contributed by atoms with E-state index in [0.29, 0.717) is 48.2 Å². The van der Waals surface area contributed by atoms with E-state index >= 15 is 0 Å². The lowest BCUT2D eigenvalue weighted by Gasteiger charge is -2.42. The van der Waals surface area contributed by atoms with Crippen LogP contribution in [0.4, 0.5) is 5.69 Å². The molecule has 4 aromatic rings. The number of hydrogen-bond acceptors (Lipinski definition) is 7. The fraction of sp³-hybridized carbons (Fsp3) is 0.333. The maximum Gasteiger partial charge on any atom is 0.268 e. The first kappa shape index (κ1) is 32.1. The van der Waals surface area contributed by atoms with Gasteiger partial charge in [-0.1, -0.05) is 42.0 Å². The van der Waals surface area contributed by atoms with E-state index in [2.05, 4.69) is 11.0 Å². The van der Waals surface area contributed by atoms with Crippen LogP contribution in [0.15, 0.2) is 77.7 Å². The molecular formula is C36H37N5O5S2. The molecule has 1 aromatic heterocycles. The number of aryl methyl sites for hydroxylation is 1. The smallest absolute Gasteiger partial charge is 0.268 e. The fourth-order valence-electron chi connectivity index (χ4n) is 7.33. The van der Waals surface area contributed by atoms with Gasteiger partial charge in [0, 0.05) is 55.4 Å². The van der Waals surface area contributed by atoms with Gasteiger partial charge in [0.25, 0.3) is 15.9 Å². The van der Waals surface area contributed by atoms with Gasteiger partial charge < -0.3 is 9.80 Å². The van der Waals surface area contributed by atoms with E-state index in [1.54, 1.807) is 36.4 Å². The predicted molar refractivity (Wildman–Crippen MR) is 186 cm³/mol. The van der Waals surface area contributed by atoms with E-state index in [1.165, 1.54) is 8.28 Å². The number of fused-ring (bicyclic) bond motifs is 2. The number of nitrogens with zero attached hydrogens (tertiary/aromatic N) is 5. The SMILES string of the molecule is Cc1ccc(S(=O)(=O)n2c(C3=CCN(S(C)(=O)=O)CC3)cc3c(N4CCC[C@@H](N5CCc6ccccc6C5=O)C4)ccc(C#N)c32)cc1. The first-order chi connectivity index (χ1) is 23.0. The van der Waals surface area contributed by atoms with Crippen LogP contribution in [0.25, 0.3) is 16.5 Å². The van der Waals surface area contributed by atoms with Gasteiger partial charge in [0.05, 0.1) is 27.9 Å². The molecule has 0 N–H and O–H groups in total. The standard InChI is InChI=1S/C36H37N5O5S2/c1-25-9-12-30(13-10-25)48(45,46)41-34(27-15-19-39(20-16-27)47(2,43)44)22-32-33(14-11-28(23-37)35(32)41)38-18-5-7-29(24-38)40-21-17-26-6-3-4-8-31(26)36(40)42/h3-4,6,8-15,22,29H,5,7,16-21,24H2,1-2H3/t29-/m1/s1. The summed E-state index contributed by atoms with van der Waals surface area (Å²) in [5.74, 6) is 0.0404. The molecule has 0 saturated carbocycles. The van der Waals surface area contributed by atoms with Gasteiger partial charge >= 0.3 is 0 Å². The minimum atomic E-state index is -4.18. The first-order valence-corrected chi connectivity index (χ1v) is 19.5. The molecule has 7 rings (SSSR count). The highest BCUT2D eigenvalue weighted by molar-refractivity contribution is 7.90. The van der Waals surface area contributed by atoms with E-state index < -0.39 is 20.0 Å². The minimum Gasteiger partial charge on any atom is -0.369 e. The number of carbonyl (C=O) groups excluding carboxylic acids is 1. The van der Waals surface area contributed by atoms with E-state index in [0.717, 1.165) is 47.9 Å². The van der Waals surface area contributed by atoms with Gasteiger partial charge in [-0.2, -0.15) is 9.57 Å². The summed E-state index contributed by atoms with van der Waals surface area (Å²) in [6.45, 7) is 4.16. The molecule has 0 spiro atoms. The van der Waals surface area contributed by atoms with E-state index in [9.17, 15) is 26.9 Å². The average molecular weight is 684 g/mol. The summed E-state index contributed by atoms with van der Waals surface area (Å²) >= 11 is 0. The Morgan fingerprint density at radius 2 is 1.69 bits per heavy atom. The van der Waals surface area contributed by atoms with Crippen LogP contribution >= 0.6 is 0 Å². The molecule has 248 valence electrons. The molecule has 0 radical (unpaired) electrons. The van der Waals surface area contributed by atoms with Crippen molar-refractivity contribution in [3.05, 3.63) is 101 Å². The van der Waals surface area contributed by atoms with Crippen molar-refractivity contribution < 1.29 is 21.6 Å². The molecule has 3 aromatic carbocycles. The van der Waals surface area contributed by atoms with Crippen LogP contribution in [0.3, 0.4) is 0 Å². The zero-order valence-electron chi connectivity index (χ0n) is 27.0. The van der Waals surface area contributed by atoms with Crippen molar-refractivity contribution in [1.29, 1.82) is 5.26 Å². The summed E-state index contributed by atoms with van der Waals surface area (Å²) in [5, 5.41) is 10.9. The molecule has 1 fully saturated rings. The van der Waals surface area contributed by atoms with Gasteiger partial charge in [-0.15, -0.1) is 0 Å². The van der Waals surface area contributed by atoms with Crippen molar-refractivity contribution >= 4 is 48.1 Å². The number of nitriles is 1. The van der Waals surface area contributed by atoms with Crippen LogP contribution in [0.1, 0.15) is 52.0 Å². The van der Waals surface area contributed by atoms with Crippen molar-refractivity contribution in [3.8, 4) is 6.07 Å². The first-order valence-electron chi connectivity index (χ1n) is 16.2. The zero-order chi connectivity index (χ0) is 33.8. The second-order valence-electron chi connectivity index (χ2n) is 12.9. The van der Waals surface area contributed by atoms with E-state index in [4.69, 9.17) is 0 Å². The Morgan fingerprint density at radius 1 is 0.917 bits per heavy atom. The van der Waals surface area contributed by atoms with Crippen LogP contribution in [-0.2, 0) is 26.5 Å². The Balaban J connectivity index is 1.35. The highest BCUT2D eigenvalue weighted by Crippen LogP contribution is 2.40. The highest BCUT2D eigenvalue weighted by Gasteiger charge is 2.35. The normalized spacial score (nSPS) is 19.2. The van der Waals surface area contributed by atoms with Gasteiger partial charge in [0.1, 0.15) is 6.07 Å². The number of carbonyl (C=O) groups is 1. The third kappa shape index (κ3) is 5.59. The number of piperidine rings is 1. The molecule has 10 nitrogen and oxygen atoms in total. The molecule has 3 aliphatic rings. The molecule has 1 amide bonds. The van der Waals surface area contributed by atoms with Gasteiger partial charge in [0.2, 0.25) is 10.0 Å². The lowest BCUT2D eigenvalue weighted by atomic mass is 9.95. The zero-order valence-corrected chi connectivity index (χ0v) is 28.6. The van der Waals surface area contributed by atoms with Gasteiger partial charge in [-0.25, -0.2) is 20.8 Å². The molecule has 1 saturated heterocycles. The molecule has 0 aliphatic carbocycles. The molecule has 4 heterocycles. The van der Waals surface area contributed by atoms with Crippen molar-refractivity contribution in [2.75, 3.05) is 43.9 Å². The average Bonchev–Trinajstić information content (AvgIpc) is 3.50. The second-order valence-corrected chi connectivity index (χ2v) is 16.6. The Bertz CT molecular complexity index is 2230. The van der Waals surface area contributed by atoms with Crippen molar-refractivity contribution in [1.82, 2.24) is 13.2 Å². The summed E-state index contributed by atoms with van der Waals surface area (Å²) < 4.78 is 56.2. The lowest BCUT2D eigenvalue weighted by molar-refractivity contribution is 0.0641. The number of amides is 1. The van der Waals surface area contributed by atoms with E-state index in [1.807, 2.05) is 48.2 Å². The van der Waals surface area contributed by atoms with Crippen molar-refractivity contribution in [3.63, 3.8) is 0 Å². The summed E-state index contributed by atoms with van der Waals surface area (Å²) in [5.41, 5.74) is 5.16. The molecule has 3 aliphatic heterocycles. The summed E-state index contributed by atoms with van der Waals surface area (Å²) in [6, 6.07) is 22.0. The number of benzene rings is 3. The largest absolute Gasteiger partial charge is 0.369 e. The second kappa shape index (κ2) is 12.2. The van der Waals surface area contributed by atoms with Crippen LogP contribution in [-0.4, -0.2) is 80.9 Å². The topological polar surface area (TPSA) is 124 Å². The quantitative estimate of drug-likeness (QED) is 0.287. The van der Waals surface area contributed by atoms with Gasteiger partial charge in [-0.3, -0.25) is 4.79 Å². The number of hydrogen-bond donors (Lipinski definition) is 0. The van der Waals surface area contributed by atoms with Crippen LogP contribution < -0.4 is 4.90 Å². The lowest BCUT2D eigenvalue weighted by Crippen LogP contribution is -2.52. The third-order valence-corrected chi connectivity index (χ3v) is 12.9. The van der Waals surface area contributed by atoms with Gasteiger partial charge in [0.15, 0.2) is 0 Å². The van der Waals surface area contributed by atoms with Crippen molar-refractivity contribution in [2.45, 2.75) is 43.5 Å². The summed E-state index contributed by atoms with van der Waals surface area (Å²) in [7, 11) is -7.61. The minimum absolute atomic E-state index is 0.0221. The highest BCUT2D eigenvalue weighted by atomic mass is 32.2. The monoisotopic (exact) mass is 683 g/mol. The number of sulfonamides is 1. The molecular weight excluding hydrogens is 647 g/mol. The number of rotatable bonds is 6. The van der Waals surface area contributed by atoms with Crippen LogP contribution in [0.2, 0.25) is 0 Å². The predicted octanol–water partition coefficient (Wildman–Crippen LogP) is 4.77. The summed E-state index contributed by atoms with van der Waals surface area (Å²) in [6.07, 6.45) is 5.75. The molecule has 1 atom stereocenters. The van der Waals surface area contributed by atoms with Gasteiger partial charge in [-0.05, 0) is 80.1 Å². The molecule has 0 unspecified atom stereocenters. The fourth-order valence-corrected chi connectivity index (χ4v) is 9.66. The Morgan fingerprint density at radius 3 is 2.40 bits per heavy atom. The Kier molecular flexibility index (Phi) is 8.18. The summed E-state index contributed by atoms with van der Waals surface area (Å²) in [4.78, 5) is 17.9. The third-order valence-electron chi connectivity index (χ3n) is 9.86. The van der Waals surface area contributed by atoms with Crippen LogP contribution in [0, 0.1) is 18.3 Å². The number of aromatic nitrogens is 1. The Labute approximate surface area is 281 Å². The van der Waals surface area contributed by atoms with E-state index in [-0.39, 0.29) is 35.5 Å². The maximum atomic E-state index is 14.5. The number of anilines is 1. The van der Waals surface area contributed by atoms with Crippen molar-refractivity contribution in [2.24, 2.45) is 0 Å². The maximum absolute atomic E-state index is 14.5. The molecule has 12 heteroatoms. The Hall–Kier alpha value is -4.44. The van der Waals surface area contributed by atoms with Crippen LogP contribution in [0.5, 0.6) is 0 Å². The molecule has 48 heavy (non-hydrogen) atoms.